The van der Waals surface area contributed by atoms with E-state index < -0.39 is 27.6 Å². The third-order valence-corrected chi connectivity index (χ3v) is 5.16. The Morgan fingerprint density at radius 3 is 2.32 bits per heavy atom. The Balaban J connectivity index is 2.32. The fourth-order valence-electron chi connectivity index (χ4n) is 2.81. The SMILES string of the molecule is CC(C)CC(C(=O)O)C(Cc1ccc(S(C)(=O)=O)cc1)c1nn[nH]n1. The molecule has 2 N–H and O–H groups in total. The molecule has 1 aromatic carbocycles. The van der Waals surface area contributed by atoms with Gasteiger partial charge in [-0.3, -0.25) is 4.79 Å². The molecule has 0 saturated heterocycles. The number of carboxylic acids is 1. The van der Waals surface area contributed by atoms with Gasteiger partial charge >= 0.3 is 5.97 Å². The van der Waals surface area contributed by atoms with Gasteiger partial charge in [0.1, 0.15) is 0 Å². The van der Waals surface area contributed by atoms with Crippen LogP contribution in [-0.4, -0.2) is 46.4 Å². The molecule has 2 aromatic rings. The molecule has 0 amide bonds. The van der Waals surface area contributed by atoms with Crippen molar-refractivity contribution in [2.45, 2.75) is 37.5 Å². The lowest BCUT2D eigenvalue weighted by molar-refractivity contribution is -0.143. The predicted molar refractivity (Wildman–Crippen MR) is 90.8 cm³/mol. The second kappa shape index (κ2) is 7.73. The van der Waals surface area contributed by atoms with Crippen molar-refractivity contribution in [1.29, 1.82) is 0 Å². The molecular weight excluding hydrogens is 344 g/mol. The molecule has 0 aliphatic carbocycles. The van der Waals surface area contributed by atoms with Gasteiger partial charge in [-0.25, -0.2) is 8.42 Å². The number of aromatic amines is 1. The average molecular weight is 366 g/mol. The van der Waals surface area contributed by atoms with Crippen molar-refractivity contribution < 1.29 is 18.3 Å². The van der Waals surface area contributed by atoms with Crippen LogP contribution in [0, 0.1) is 11.8 Å². The highest BCUT2D eigenvalue weighted by Crippen LogP contribution is 2.31. The van der Waals surface area contributed by atoms with Gasteiger partial charge in [-0.1, -0.05) is 31.2 Å². The van der Waals surface area contributed by atoms with Gasteiger partial charge in [0.15, 0.2) is 15.7 Å². The molecule has 0 radical (unpaired) electrons. The van der Waals surface area contributed by atoms with E-state index in [0.717, 1.165) is 11.8 Å². The maximum Gasteiger partial charge on any atom is 0.307 e. The summed E-state index contributed by atoms with van der Waals surface area (Å²) in [7, 11) is -3.27. The van der Waals surface area contributed by atoms with Crippen molar-refractivity contribution in [2.24, 2.45) is 11.8 Å². The van der Waals surface area contributed by atoms with Crippen LogP contribution in [0.25, 0.3) is 0 Å². The number of rotatable bonds is 8. The maximum atomic E-state index is 11.8. The number of benzene rings is 1. The molecule has 0 bridgehead atoms. The molecule has 2 unspecified atom stereocenters. The number of hydrogen-bond acceptors (Lipinski definition) is 6. The molecule has 0 saturated carbocycles. The van der Waals surface area contributed by atoms with E-state index in [1.54, 1.807) is 12.1 Å². The minimum absolute atomic E-state index is 0.197. The lowest BCUT2D eigenvalue weighted by Crippen LogP contribution is -2.26. The van der Waals surface area contributed by atoms with Crippen LogP contribution in [0.5, 0.6) is 0 Å². The number of nitrogens with one attached hydrogen (secondary N) is 1. The summed E-state index contributed by atoms with van der Waals surface area (Å²) in [6.07, 6.45) is 2.01. The van der Waals surface area contributed by atoms with E-state index in [4.69, 9.17) is 0 Å². The van der Waals surface area contributed by atoms with Crippen LogP contribution in [0.15, 0.2) is 29.2 Å². The number of tetrazole rings is 1. The van der Waals surface area contributed by atoms with Crippen molar-refractivity contribution in [3.63, 3.8) is 0 Å². The van der Waals surface area contributed by atoms with Crippen molar-refractivity contribution >= 4 is 15.8 Å². The van der Waals surface area contributed by atoms with Gasteiger partial charge in [0, 0.05) is 12.2 Å². The highest BCUT2D eigenvalue weighted by molar-refractivity contribution is 7.90. The second-order valence-electron chi connectivity index (χ2n) is 6.57. The molecular formula is C16H22N4O4S. The first-order valence-electron chi connectivity index (χ1n) is 7.93. The summed E-state index contributed by atoms with van der Waals surface area (Å²) in [4.78, 5) is 12.0. The first kappa shape index (κ1) is 19.0. The number of carboxylic acid groups (broad SMARTS) is 1. The Morgan fingerprint density at radius 2 is 1.88 bits per heavy atom. The number of nitrogens with zero attached hydrogens (tertiary/aromatic N) is 3. The molecule has 9 heteroatoms. The fraction of sp³-hybridized carbons (Fsp3) is 0.500. The van der Waals surface area contributed by atoms with Crippen molar-refractivity contribution in [3.05, 3.63) is 35.7 Å². The van der Waals surface area contributed by atoms with Gasteiger partial charge in [-0.05, 0) is 36.5 Å². The smallest absolute Gasteiger partial charge is 0.307 e. The van der Waals surface area contributed by atoms with E-state index in [2.05, 4.69) is 20.6 Å². The van der Waals surface area contributed by atoms with Crippen LogP contribution in [0.4, 0.5) is 0 Å². The summed E-state index contributed by atoms with van der Waals surface area (Å²) in [6.45, 7) is 3.92. The summed E-state index contributed by atoms with van der Waals surface area (Å²) in [5.41, 5.74) is 0.817. The van der Waals surface area contributed by atoms with E-state index in [9.17, 15) is 18.3 Å². The summed E-state index contributed by atoms with van der Waals surface area (Å²) >= 11 is 0. The molecule has 0 spiro atoms. The molecule has 2 rings (SSSR count). The quantitative estimate of drug-likeness (QED) is 0.728. The van der Waals surface area contributed by atoms with Crippen molar-refractivity contribution in [3.8, 4) is 0 Å². The van der Waals surface area contributed by atoms with Crippen molar-refractivity contribution in [1.82, 2.24) is 20.6 Å². The molecule has 2 atom stereocenters. The second-order valence-corrected chi connectivity index (χ2v) is 8.59. The van der Waals surface area contributed by atoms with Gasteiger partial charge in [0.2, 0.25) is 0 Å². The third kappa shape index (κ3) is 5.09. The molecule has 136 valence electrons. The van der Waals surface area contributed by atoms with Gasteiger partial charge in [-0.2, -0.15) is 5.21 Å². The van der Waals surface area contributed by atoms with Crippen LogP contribution in [-0.2, 0) is 21.1 Å². The van der Waals surface area contributed by atoms with Crippen LogP contribution >= 0.6 is 0 Å². The van der Waals surface area contributed by atoms with Crippen LogP contribution in [0.1, 0.15) is 37.6 Å². The number of sulfone groups is 1. The van der Waals surface area contributed by atoms with Gasteiger partial charge in [-0.15, -0.1) is 10.2 Å². The summed E-state index contributed by atoms with van der Waals surface area (Å²) in [5.74, 6) is -1.48. The zero-order valence-electron chi connectivity index (χ0n) is 14.4. The third-order valence-electron chi connectivity index (χ3n) is 4.03. The zero-order valence-corrected chi connectivity index (χ0v) is 15.2. The zero-order chi connectivity index (χ0) is 18.6. The molecule has 0 aliphatic heterocycles. The van der Waals surface area contributed by atoms with Crippen LogP contribution < -0.4 is 0 Å². The fourth-order valence-corrected chi connectivity index (χ4v) is 3.44. The number of H-pyrrole nitrogens is 1. The molecule has 1 aromatic heterocycles. The number of aliphatic carboxylic acids is 1. The first-order valence-corrected chi connectivity index (χ1v) is 9.82. The molecule has 0 fully saturated rings. The van der Waals surface area contributed by atoms with E-state index in [1.165, 1.54) is 12.1 Å². The number of hydrogen-bond donors (Lipinski definition) is 2. The Bertz CT molecular complexity index is 801. The van der Waals surface area contributed by atoms with E-state index in [1.807, 2.05) is 13.8 Å². The summed E-state index contributed by atoms with van der Waals surface area (Å²) < 4.78 is 23.1. The Kier molecular flexibility index (Phi) is 5.89. The highest BCUT2D eigenvalue weighted by atomic mass is 32.2. The molecule has 1 heterocycles. The largest absolute Gasteiger partial charge is 0.481 e. The van der Waals surface area contributed by atoms with Gasteiger partial charge in [0.25, 0.3) is 0 Å². The van der Waals surface area contributed by atoms with Gasteiger partial charge in [0.05, 0.1) is 10.8 Å². The lowest BCUT2D eigenvalue weighted by atomic mass is 9.81. The van der Waals surface area contributed by atoms with E-state index in [0.29, 0.717) is 18.7 Å². The molecule has 25 heavy (non-hydrogen) atoms. The first-order chi connectivity index (χ1) is 11.7. The van der Waals surface area contributed by atoms with Gasteiger partial charge < -0.3 is 5.11 Å². The van der Waals surface area contributed by atoms with E-state index >= 15 is 0 Å². The monoisotopic (exact) mass is 366 g/mol. The summed E-state index contributed by atoms with van der Waals surface area (Å²) in [6, 6.07) is 6.43. The number of carbonyl (C=O) groups is 1. The predicted octanol–water partition coefficient (Wildman–Crippen LogP) is 1.68. The summed E-state index contributed by atoms with van der Waals surface area (Å²) in [5, 5.41) is 23.5. The van der Waals surface area contributed by atoms with E-state index in [-0.39, 0.29) is 10.8 Å². The molecule has 8 nitrogen and oxygen atoms in total. The Hall–Kier alpha value is -2.29. The highest BCUT2D eigenvalue weighted by Gasteiger charge is 2.33. The minimum atomic E-state index is -3.27. The van der Waals surface area contributed by atoms with Crippen LogP contribution in [0.2, 0.25) is 0 Å². The number of aromatic nitrogens is 4. The standard InChI is InChI=1S/C16H22N4O4S/c1-10(2)8-14(16(21)22)13(15-17-19-20-18-15)9-11-4-6-12(7-5-11)25(3,23)24/h4-7,10,13-14H,8-9H2,1-3H3,(H,21,22)(H,17,18,19,20). The molecule has 0 aliphatic rings. The van der Waals surface area contributed by atoms with Crippen LogP contribution in [0.3, 0.4) is 0 Å². The van der Waals surface area contributed by atoms with Crippen molar-refractivity contribution in [2.75, 3.05) is 6.26 Å². The topological polar surface area (TPSA) is 126 Å². The Morgan fingerprint density at radius 1 is 1.24 bits per heavy atom. The maximum absolute atomic E-state index is 11.8. The minimum Gasteiger partial charge on any atom is -0.481 e. The normalized spacial score (nSPS) is 14.4. The average Bonchev–Trinajstić information content (AvgIpc) is 3.04. The Labute approximate surface area is 146 Å². The lowest BCUT2D eigenvalue weighted by Gasteiger charge is -2.23.